The molecule has 2 bridgehead atoms. The number of aryl methyl sites for hydroxylation is 1. The zero-order valence-electron chi connectivity index (χ0n) is 20.7. The molecule has 2 aliphatic rings. The summed E-state index contributed by atoms with van der Waals surface area (Å²) in [7, 11) is 1.30. The van der Waals surface area contributed by atoms with E-state index in [0.717, 1.165) is 44.1 Å². The lowest BCUT2D eigenvalue weighted by Gasteiger charge is -2.34. The van der Waals surface area contributed by atoms with Crippen molar-refractivity contribution >= 4 is 18.0 Å². The first-order valence-corrected chi connectivity index (χ1v) is 12.1. The third-order valence-electron chi connectivity index (χ3n) is 6.35. The van der Waals surface area contributed by atoms with Gasteiger partial charge in [-0.2, -0.15) is 0 Å². The lowest BCUT2D eigenvalue weighted by Crippen LogP contribution is -2.57. The summed E-state index contributed by atoms with van der Waals surface area (Å²) in [6.45, 7) is 6.07. The molecule has 2 amide bonds. The van der Waals surface area contributed by atoms with Gasteiger partial charge in [-0.15, -0.1) is 0 Å². The van der Waals surface area contributed by atoms with Gasteiger partial charge in [0, 0.05) is 18.2 Å². The summed E-state index contributed by atoms with van der Waals surface area (Å²) in [5, 5.41) is 2.73. The van der Waals surface area contributed by atoms with Gasteiger partial charge in [-0.05, 0) is 30.7 Å². The number of hydrogen-bond donors (Lipinski definition) is 1. The van der Waals surface area contributed by atoms with E-state index >= 15 is 0 Å². The van der Waals surface area contributed by atoms with E-state index in [0.29, 0.717) is 12.5 Å². The number of fused-ring (bicyclic) bond motifs is 3. The van der Waals surface area contributed by atoms with Gasteiger partial charge in [-0.1, -0.05) is 46.1 Å². The van der Waals surface area contributed by atoms with E-state index in [9.17, 15) is 14.4 Å². The largest absolute Gasteiger partial charge is 0.472 e. The second-order valence-electron chi connectivity index (χ2n) is 10.1. The number of amides is 2. The Kier molecular flexibility index (Phi) is 8.74. The lowest BCUT2D eigenvalue weighted by atomic mass is 9.85. The lowest BCUT2D eigenvalue weighted by molar-refractivity contribution is -0.152. The summed E-state index contributed by atoms with van der Waals surface area (Å²) in [5.41, 5.74) is 0.413. The molecule has 1 fully saturated rings. The summed E-state index contributed by atoms with van der Waals surface area (Å²) >= 11 is 0. The van der Waals surface area contributed by atoms with Crippen molar-refractivity contribution in [2.24, 2.45) is 5.41 Å². The number of carbonyl (C=O) groups is 3. The van der Waals surface area contributed by atoms with Gasteiger partial charge >= 0.3 is 12.1 Å². The topological polar surface area (TPSA) is 107 Å². The Morgan fingerprint density at radius 2 is 1.91 bits per heavy atom. The average Bonchev–Trinajstić information content (AvgIpc) is 3.21. The number of esters is 1. The van der Waals surface area contributed by atoms with Gasteiger partial charge in [0.25, 0.3) is 0 Å². The standard InChI is InChI=1S/C25H37N3O6/c1-25(2,3)20-22(29)28-16-18(15-19(28)23(30)32-4)34-21-17(12-10-13-26-21)11-8-6-5-7-9-14-33-24(31)27-20/h10,12-13,18-20H,5-9,11,14-16H2,1-4H3,(H,27,31)/t18-,19-,20+/m0/s1. The fraction of sp³-hybridized carbons (Fsp3) is 0.680. The van der Waals surface area contributed by atoms with E-state index in [1.165, 1.54) is 12.0 Å². The minimum Gasteiger partial charge on any atom is -0.472 e. The van der Waals surface area contributed by atoms with Gasteiger partial charge in [0.05, 0.1) is 20.3 Å². The van der Waals surface area contributed by atoms with E-state index in [1.807, 2.05) is 32.9 Å². The van der Waals surface area contributed by atoms with Crippen molar-refractivity contribution < 1.29 is 28.6 Å². The molecule has 0 radical (unpaired) electrons. The minimum absolute atomic E-state index is 0.192. The molecular weight excluding hydrogens is 438 g/mol. The highest BCUT2D eigenvalue weighted by atomic mass is 16.5. The molecule has 34 heavy (non-hydrogen) atoms. The summed E-state index contributed by atoms with van der Waals surface area (Å²) in [5.74, 6) is -0.337. The predicted molar refractivity (Wildman–Crippen MR) is 125 cm³/mol. The second kappa shape index (κ2) is 11.5. The molecular formula is C25H37N3O6. The first-order valence-electron chi connectivity index (χ1n) is 12.1. The van der Waals surface area contributed by atoms with Crippen LogP contribution in [0, 0.1) is 5.41 Å². The van der Waals surface area contributed by atoms with Crippen LogP contribution in [0.1, 0.15) is 64.9 Å². The zero-order chi connectivity index (χ0) is 24.7. The highest BCUT2D eigenvalue weighted by molar-refractivity contribution is 5.91. The number of carbonyl (C=O) groups excluding carboxylic acids is 3. The molecule has 1 aromatic heterocycles. The number of pyridine rings is 1. The minimum atomic E-state index is -0.879. The Labute approximate surface area is 201 Å². The molecule has 0 saturated carbocycles. The predicted octanol–water partition coefficient (Wildman–Crippen LogP) is 3.25. The van der Waals surface area contributed by atoms with Crippen LogP contribution in [0.4, 0.5) is 4.79 Å². The smallest absolute Gasteiger partial charge is 0.407 e. The van der Waals surface area contributed by atoms with Crippen LogP contribution in [0.25, 0.3) is 0 Å². The molecule has 0 spiro atoms. The van der Waals surface area contributed by atoms with E-state index < -0.39 is 35.7 Å². The van der Waals surface area contributed by atoms with Crippen LogP contribution in [0.5, 0.6) is 5.88 Å². The number of alkyl carbamates (subject to hydrolysis) is 1. The van der Waals surface area contributed by atoms with Crippen LogP contribution < -0.4 is 10.1 Å². The van der Waals surface area contributed by atoms with Gasteiger partial charge in [0.15, 0.2) is 0 Å². The third kappa shape index (κ3) is 6.61. The molecule has 0 aliphatic carbocycles. The number of rotatable bonds is 1. The van der Waals surface area contributed by atoms with E-state index in [2.05, 4.69) is 10.3 Å². The van der Waals surface area contributed by atoms with Crippen LogP contribution >= 0.6 is 0 Å². The molecule has 9 nitrogen and oxygen atoms in total. The molecule has 0 unspecified atom stereocenters. The molecule has 1 N–H and O–H groups in total. The summed E-state index contributed by atoms with van der Waals surface area (Å²) in [4.78, 5) is 44.6. The molecule has 3 rings (SSSR count). The van der Waals surface area contributed by atoms with Crippen LogP contribution in [-0.4, -0.2) is 66.3 Å². The van der Waals surface area contributed by atoms with Crippen molar-refractivity contribution in [3.63, 3.8) is 0 Å². The van der Waals surface area contributed by atoms with Crippen LogP contribution in [0.2, 0.25) is 0 Å². The first-order chi connectivity index (χ1) is 16.2. The van der Waals surface area contributed by atoms with E-state index in [1.54, 1.807) is 6.20 Å². The number of nitrogens with zero attached hydrogens (tertiary/aromatic N) is 2. The van der Waals surface area contributed by atoms with Crippen molar-refractivity contribution in [2.45, 2.75) is 83.9 Å². The second-order valence-corrected chi connectivity index (χ2v) is 10.1. The van der Waals surface area contributed by atoms with Gasteiger partial charge in [-0.25, -0.2) is 14.6 Å². The van der Waals surface area contributed by atoms with Crippen molar-refractivity contribution in [2.75, 3.05) is 20.3 Å². The van der Waals surface area contributed by atoms with Gasteiger partial charge in [0.2, 0.25) is 11.8 Å². The normalized spacial score (nSPS) is 25.2. The fourth-order valence-corrected chi connectivity index (χ4v) is 4.45. The van der Waals surface area contributed by atoms with Gasteiger partial charge in [-0.3, -0.25) is 4.79 Å². The van der Waals surface area contributed by atoms with E-state index in [-0.39, 0.29) is 18.9 Å². The fourth-order valence-electron chi connectivity index (χ4n) is 4.45. The number of ether oxygens (including phenoxy) is 3. The molecule has 2 aliphatic heterocycles. The number of methoxy groups -OCH3 is 1. The summed E-state index contributed by atoms with van der Waals surface area (Å²) < 4.78 is 16.5. The third-order valence-corrected chi connectivity index (χ3v) is 6.35. The zero-order valence-corrected chi connectivity index (χ0v) is 20.7. The van der Waals surface area contributed by atoms with Crippen molar-refractivity contribution in [1.29, 1.82) is 0 Å². The van der Waals surface area contributed by atoms with Crippen LogP contribution in [0.15, 0.2) is 18.3 Å². The van der Waals surface area contributed by atoms with Crippen molar-refractivity contribution in [3.8, 4) is 5.88 Å². The number of aromatic nitrogens is 1. The highest BCUT2D eigenvalue weighted by Crippen LogP contribution is 2.29. The highest BCUT2D eigenvalue weighted by Gasteiger charge is 2.46. The Morgan fingerprint density at radius 3 is 2.65 bits per heavy atom. The molecule has 0 aromatic carbocycles. The van der Waals surface area contributed by atoms with E-state index in [4.69, 9.17) is 14.2 Å². The van der Waals surface area contributed by atoms with Gasteiger partial charge < -0.3 is 24.4 Å². The number of hydrogen-bond acceptors (Lipinski definition) is 7. The Bertz CT molecular complexity index is 868. The Hall–Kier alpha value is -2.84. The first kappa shape index (κ1) is 25.8. The van der Waals surface area contributed by atoms with Crippen LogP contribution in [0.3, 0.4) is 0 Å². The SMILES string of the molecule is COC(=O)[C@@H]1C[C@H]2CN1C(=O)[C@H](C(C)(C)C)NC(=O)OCCCCCCCc1cccnc1O2. The maximum absolute atomic E-state index is 13.6. The molecule has 1 saturated heterocycles. The molecule has 188 valence electrons. The van der Waals surface area contributed by atoms with Crippen molar-refractivity contribution in [1.82, 2.24) is 15.2 Å². The Balaban J connectivity index is 1.89. The maximum atomic E-state index is 13.6. The number of cyclic esters (lactones) is 1. The maximum Gasteiger partial charge on any atom is 0.407 e. The molecule has 1 aromatic rings. The molecule has 3 atom stereocenters. The molecule has 9 heteroatoms. The monoisotopic (exact) mass is 475 g/mol. The summed E-state index contributed by atoms with van der Waals surface area (Å²) in [6.07, 6.45) is 6.58. The van der Waals surface area contributed by atoms with Crippen molar-refractivity contribution in [3.05, 3.63) is 23.9 Å². The average molecular weight is 476 g/mol. The van der Waals surface area contributed by atoms with Crippen LogP contribution in [-0.2, 0) is 25.5 Å². The number of nitrogens with one attached hydrogen (secondary N) is 1. The Morgan fingerprint density at radius 1 is 1.18 bits per heavy atom. The summed E-state index contributed by atoms with van der Waals surface area (Å²) in [6, 6.07) is 2.22. The molecule has 3 heterocycles. The van der Waals surface area contributed by atoms with Gasteiger partial charge in [0.1, 0.15) is 18.2 Å². The quantitative estimate of drug-likeness (QED) is 0.621.